The van der Waals surface area contributed by atoms with Crippen LogP contribution in [-0.2, 0) is 26.9 Å². The minimum Gasteiger partial charge on any atom is -0.316 e. The molecule has 11 heteroatoms. The van der Waals surface area contributed by atoms with Crippen LogP contribution in [0.15, 0.2) is 47.0 Å². The van der Waals surface area contributed by atoms with Crippen LogP contribution in [0.1, 0.15) is 27.4 Å². The van der Waals surface area contributed by atoms with E-state index in [-0.39, 0.29) is 28.1 Å². The first-order valence-corrected chi connectivity index (χ1v) is 13.4. The second-order valence-electron chi connectivity index (χ2n) is 7.31. The van der Waals surface area contributed by atoms with Gasteiger partial charge >= 0.3 is 0 Å². The molecule has 0 atom stereocenters. The Bertz CT molecular complexity index is 1330. The van der Waals surface area contributed by atoms with E-state index in [0.717, 1.165) is 27.8 Å². The van der Waals surface area contributed by atoms with Crippen LogP contribution in [0.25, 0.3) is 0 Å². The van der Waals surface area contributed by atoms with Gasteiger partial charge in [-0.3, -0.25) is 4.79 Å². The largest absolute Gasteiger partial charge is 0.316 e. The Morgan fingerprint density at radius 1 is 1.27 bits per heavy atom. The number of carbonyl (C=O) groups excluding carboxylic acids is 1. The van der Waals surface area contributed by atoms with Crippen LogP contribution in [0.2, 0.25) is 0 Å². The van der Waals surface area contributed by atoms with E-state index in [2.05, 4.69) is 28.2 Å². The van der Waals surface area contributed by atoms with Crippen LogP contribution in [-0.4, -0.2) is 34.8 Å². The van der Waals surface area contributed by atoms with Crippen LogP contribution in [0.4, 0.5) is 5.00 Å². The summed E-state index contributed by atoms with van der Waals surface area (Å²) in [7, 11) is -3.61. The molecule has 33 heavy (non-hydrogen) atoms. The number of rotatable bonds is 9. The molecule has 0 saturated heterocycles. The summed E-state index contributed by atoms with van der Waals surface area (Å²) in [4.78, 5) is 13.7. The maximum Gasteiger partial charge on any atom is 0.235 e. The number of anilines is 1. The van der Waals surface area contributed by atoms with Crippen molar-refractivity contribution in [3.8, 4) is 6.07 Å². The molecule has 0 aliphatic carbocycles. The number of thiophene rings is 1. The molecule has 172 valence electrons. The number of aromatic nitrogens is 3. The van der Waals surface area contributed by atoms with Crippen LogP contribution in [0.5, 0.6) is 0 Å². The minimum absolute atomic E-state index is 0.0286. The fraction of sp³-hybridized carbons (Fsp3) is 0.273. The zero-order chi connectivity index (χ0) is 24.2. The van der Waals surface area contributed by atoms with Crippen LogP contribution in [0.3, 0.4) is 0 Å². The van der Waals surface area contributed by atoms with Crippen molar-refractivity contribution in [2.24, 2.45) is 0 Å². The maximum absolute atomic E-state index is 12.8. The highest BCUT2D eigenvalue weighted by atomic mass is 32.2. The predicted octanol–water partition coefficient (Wildman–Crippen LogP) is 4.03. The third-order valence-electron chi connectivity index (χ3n) is 4.89. The predicted molar refractivity (Wildman–Crippen MR) is 130 cm³/mol. The quantitative estimate of drug-likeness (QED) is 0.347. The normalized spacial score (nSPS) is 11.2. The number of thioether (sulfide) groups is 1. The summed E-state index contributed by atoms with van der Waals surface area (Å²) in [6, 6.07) is 8.76. The molecule has 1 amide bonds. The van der Waals surface area contributed by atoms with Gasteiger partial charge in [0.25, 0.3) is 0 Å². The topological polar surface area (TPSA) is 118 Å². The number of allylic oxidation sites excluding steroid dienone is 1. The highest BCUT2D eigenvalue weighted by molar-refractivity contribution is 7.99. The maximum atomic E-state index is 12.8. The summed E-state index contributed by atoms with van der Waals surface area (Å²) >= 11 is 2.50. The zero-order valence-electron chi connectivity index (χ0n) is 18.5. The Morgan fingerprint density at radius 3 is 2.61 bits per heavy atom. The lowest BCUT2D eigenvalue weighted by molar-refractivity contribution is -0.113. The van der Waals surface area contributed by atoms with E-state index in [9.17, 15) is 18.5 Å². The molecule has 0 radical (unpaired) electrons. The Hall–Kier alpha value is -2.94. The molecule has 0 saturated carbocycles. The third kappa shape index (κ3) is 5.71. The molecule has 0 spiro atoms. The highest BCUT2D eigenvalue weighted by Crippen LogP contribution is 2.32. The number of nitrogens with one attached hydrogen (secondary N) is 1. The lowest BCUT2D eigenvalue weighted by Crippen LogP contribution is -2.15. The summed E-state index contributed by atoms with van der Waals surface area (Å²) < 4.78 is 27.3. The molecule has 0 unspecified atom stereocenters. The standard InChI is InChI=1S/C22H23N5O3S3/c1-5-10-27-19(13-33(29,30)17-8-6-14(2)7-9-17)25-26-22(27)31-12-20(28)24-21-18(11-23)15(3)16(4)32-21/h5-9H,1,10,12-13H2,2-4H3,(H,24,28). The second-order valence-corrected chi connectivity index (χ2v) is 11.5. The van der Waals surface area contributed by atoms with Gasteiger partial charge in [0.05, 0.1) is 16.2 Å². The van der Waals surface area contributed by atoms with Gasteiger partial charge in [-0.25, -0.2) is 8.42 Å². The van der Waals surface area contributed by atoms with E-state index >= 15 is 0 Å². The van der Waals surface area contributed by atoms with Crippen molar-refractivity contribution in [2.45, 2.75) is 43.1 Å². The number of hydrogen-bond acceptors (Lipinski definition) is 8. The van der Waals surface area contributed by atoms with Gasteiger partial charge in [0.1, 0.15) is 22.6 Å². The van der Waals surface area contributed by atoms with Gasteiger partial charge in [-0.15, -0.1) is 28.1 Å². The molecule has 2 heterocycles. The highest BCUT2D eigenvalue weighted by Gasteiger charge is 2.22. The van der Waals surface area contributed by atoms with Gasteiger partial charge in [-0.05, 0) is 38.5 Å². The Balaban J connectivity index is 1.74. The summed E-state index contributed by atoms with van der Waals surface area (Å²) in [6.07, 6.45) is 1.62. The van der Waals surface area contributed by atoms with E-state index in [1.807, 2.05) is 20.8 Å². The molecule has 0 bridgehead atoms. The number of nitrogens with zero attached hydrogens (tertiary/aromatic N) is 4. The van der Waals surface area contributed by atoms with Crippen molar-refractivity contribution in [3.05, 3.63) is 64.3 Å². The van der Waals surface area contributed by atoms with Crippen molar-refractivity contribution in [1.29, 1.82) is 5.26 Å². The van der Waals surface area contributed by atoms with E-state index in [1.165, 1.54) is 11.3 Å². The lowest BCUT2D eigenvalue weighted by Gasteiger charge is -2.09. The van der Waals surface area contributed by atoms with Crippen LogP contribution < -0.4 is 5.32 Å². The first-order chi connectivity index (χ1) is 15.7. The summed E-state index contributed by atoms with van der Waals surface area (Å²) in [6.45, 7) is 9.65. The fourth-order valence-corrected chi connectivity index (χ4v) is 6.05. The van der Waals surface area contributed by atoms with Crippen molar-refractivity contribution in [3.63, 3.8) is 0 Å². The number of benzene rings is 1. The lowest BCUT2D eigenvalue weighted by atomic mass is 10.2. The molecule has 8 nitrogen and oxygen atoms in total. The number of nitriles is 1. The molecule has 1 aromatic carbocycles. The van der Waals surface area contributed by atoms with E-state index in [1.54, 1.807) is 34.9 Å². The molecule has 0 fully saturated rings. The number of carbonyl (C=O) groups is 1. The van der Waals surface area contributed by atoms with Gasteiger partial charge in [-0.1, -0.05) is 35.5 Å². The zero-order valence-corrected chi connectivity index (χ0v) is 20.9. The molecule has 0 aliphatic heterocycles. The van der Waals surface area contributed by atoms with Crippen LogP contribution >= 0.6 is 23.1 Å². The van der Waals surface area contributed by atoms with E-state index in [4.69, 9.17) is 0 Å². The summed E-state index contributed by atoms with van der Waals surface area (Å²) in [5.41, 5.74) is 2.29. The van der Waals surface area contributed by atoms with Crippen molar-refractivity contribution < 1.29 is 13.2 Å². The molecule has 2 aromatic heterocycles. The molecule has 1 N–H and O–H groups in total. The summed E-state index contributed by atoms with van der Waals surface area (Å²) in [5, 5.41) is 21.2. The Morgan fingerprint density at radius 2 is 1.97 bits per heavy atom. The van der Waals surface area contributed by atoms with E-state index in [0.29, 0.717) is 22.3 Å². The Kier molecular flexibility index (Phi) is 7.73. The summed E-state index contributed by atoms with van der Waals surface area (Å²) in [5.74, 6) is -0.307. The number of amides is 1. The average Bonchev–Trinajstić information content (AvgIpc) is 3.26. The third-order valence-corrected chi connectivity index (χ3v) is 8.60. The first kappa shape index (κ1) is 24.7. The monoisotopic (exact) mass is 501 g/mol. The first-order valence-electron chi connectivity index (χ1n) is 9.91. The number of hydrogen-bond donors (Lipinski definition) is 1. The minimum atomic E-state index is -3.61. The molecule has 3 aromatic rings. The van der Waals surface area contributed by atoms with E-state index < -0.39 is 9.84 Å². The van der Waals surface area contributed by atoms with Gasteiger partial charge in [0.15, 0.2) is 15.0 Å². The smallest absolute Gasteiger partial charge is 0.235 e. The SMILES string of the molecule is C=CCn1c(CS(=O)(=O)c2ccc(C)cc2)nnc1SCC(=O)Nc1sc(C)c(C)c1C#N. The van der Waals surface area contributed by atoms with Gasteiger partial charge in [0, 0.05) is 11.4 Å². The van der Waals surface area contributed by atoms with Crippen molar-refractivity contribution >= 4 is 43.8 Å². The number of aryl methyl sites for hydroxylation is 2. The average molecular weight is 502 g/mol. The number of sulfone groups is 1. The molecule has 0 aliphatic rings. The van der Waals surface area contributed by atoms with Crippen molar-refractivity contribution in [2.75, 3.05) is 11.1 Å². The second kappa shape index (κ2) is 10.3. The van der Waals surface area contributed by atoms with Crippen molar-refractivity contribution in [1.82, 2.24) is 14.8 Å². The van der Waals surface area contributed by atoms with Crippen LogP contribution in [0, 0.1) is 32.1 Å². The molecular formula is C22H23N5O3S3. The molecular weight excluding hydrogens is 478 g/mol. The van der Waals surface area contributed by atoms with Gasteiger partial charge in [0.2, 0.25) is 5.91 Å². The molecule has 3 rings (SSSR count). The fourth-order valence-electron chi connectivity index (χ4n) is 2.99. The Labute approximate surface area is 201 Å². The van der Waals surface area contributed by atoms with Gasteiger partial charge < -0.3 is 9.88 Å². The van der Waals surface area contributed by atoms with Gasteiger partial charge in [-0.2, -0.15) is 5.26 Å².